The second-order valence-corrected chi connectivity index (χ2v) is 7.03. The predicted molar refractivity (Wildman–Crippen MR) is 86.5 cm³/mol. The van der Waals surface area contributed by atoms with Gasteiger partial charge in [0.25, 0.3) is 0 Å². The number of anilines is 2. The molecule has 116 valence electrons. The van der Waals surface area contributed by atoms with E-state index >= 15 is 0 Å². The molecule has 0 unspecified atom stereocenters. The molecule has 2 aliphatic rings. The molecule has 0 radical (unpaired) electrons. The molecule has 2 fully saturated rings. The number of halogens is 1. The van der Waals surface area contributed by atoms with Gasteiger partial charge in [0.1, 0.15) is 0 Å². The Morgan fingerprint density at radius 3 is 2.67 bits per heavy atom. The van der Waals surface area contributed by atoms with Crippen LogP contribution in [0.5, 0.6) is 0 Å². The lowest BCUT2D eigenvalue weighted by atomic mass is 9.84. The average Bonchev–Trinajstić information content (AvgIpc) is 2.47. The van der Waals surface area contributed by atoms with Crippen LogP contribution in [0.1, 0.15) is 19.3 Å². The van der Waals surface area contributed by atoms with Crippen molar-refractivity contribution in [1.29, 1.82) is 0 Å². The molecule has 1 aliphatic heterocycles. The second kappa shape index (κ2) is 6.54. The van der Waals surface area contributed by atoms with Crippen LogP contribution in [-0.4, -0.2) is 58.8 Å². The van der Waals surface area contributed by atoms with E-state index in [9.17, 15) is 0 Å². The van der Waals surface area contributed by atoms with Crippen LogP contribution in [0.3, 0.4) is 0 Å². The SMILES string of the molecule is CSC1(CNc2nc(Cl)nc(N3CCOCC3)n2)CCC1. The summed E-state index contributed by atoms with van der Waals surface area (Å²) >= 11 is 7.96. The van der Waals surface area contributed by atoms with E-state index in [1.165, 1.54) is 19.3 Å². The summed E-state index contributed by atoms with van der Waals surface area (Å²) in [7, 11) is 0. The van der Waals surface area contributed by atoms with E-state index in [1.54, 1.807) is 0 Å². The van der Waals surface area contributed by atoms with Crippen LogP contribution < -0.4 is 10.2 Å². The van der Waals surface area contributed by atoms with E-state index < -0.39 is 0 Å². The highest BCUT2D eigenvalue weighted by atomic mass is 35.5. The summed E-state index contributed by atoms with van der Waals surface area (Å²) in [5.41, 5.74) is 0. The Bertz CT molecular complexity index is 488. The number of nitrogens with zero attached hydrogens (tertiary/aromatic N) is 4. The van der Waals surface area contributed by atoms with Crippen LogP contribution in [-0.2, 0) is 4.74 Å². The predicted octanol–water partition coefficient (Wildman–Crippen LogP) is 2.06. The third-order valence-electron chi connectivity index (χ3n) is 4.16. The molecule has 1 aromatic heterocycles. The fourth-order valence-corrected chi connectivity index (χ4v) is 3.66. The van der Waals surface area contributed by atoms with Crippen LogP contribution in [0.2, 0.25) is 5.28 Å². The van der Waals surface area contributed by atoms with Crippen molar-refractivity contribution in [2.45, 2.75) is 24.0 Å². The topological polar surface area (TPSA) is 63.2 Å². The van der Waals surface area contributed by atoms with Gasteiger partial charge in [0.05, 0.1) is 13.2 Å². The molecular weight excluding hydrogens is 310 g/mol. The van der Waals surface area contributed by atoms with Gasteiger partial charge in [-0.05, 0) is 30.7 Å². The molecule has 1 saturated carbocycles. The minimum Gasteiger partial charge on any atom is -0.378 e. The van der Waals surface area contributed by atoms with Gasteiger partial charge in [-0.3, -0.25) is 0 Å². The zero-order valence-electron chi connectivity index (χ0n) is 12.1. The molecule has 3 rings (SSSR count). The third-order valence-corrected chi connectivity index (χ3v) is 5.74. The summed E-state index contributed by atoms with van der Waals surface area (Å²) in [4.78, 5) is 15.0. The molecule has 0 aromatic carbocycles. The van der Waals surface area contributed by atoms with Crippen molar-refractivity contribution in [3.8, 4) is 0 Å². The summed E-state index contributed by atoms with van der Waals surface area (Å²) in [5, 5.41) is 3.57. The van der Waals surface area contributed by atoms with Crippen LogP contribution in [0.15, 0.2) is 0 Å². The van der Waals surface area contributed by atoms with Gasteiger partial charge in [-0.1, -0.05) is 6.42 Å². The molecule has 0 bridgehead atoms. The fourth-order valence-electron chi connectivity index (χ4n) is 2.59. The molecule has 1 N–H and O–H groups in total. The van der Waals surface area contributed by atoms with Crippen molar-refractivity contribution in [2.24, 2.45) is 0 Å². The number of morpholine rings is 1. The Balaban J connectivity index is 1.68. The quantitative estimate of drug-likeness (QED) is 0.887. The summed E-state index contributed by atoms with van der Waals surface area (Å²) in [5.74, 6) is 1.20. The lowest BCUT2D eigenvalue weighted by Crippen LogP contribution is -2.40. The Hall–Kier alpha value is -0.790. The lowest BCUT2D eigenvalue weighted by molar-refractivity contribution is 0.122. The number of hydrogen-bond donors (Lipinski definition) is 1. The summed E-state index contributed by atoms with van der Waals surface area (Å²) in [6, 6.07) is 0. The van der Waals surface area contributed by atoms with Crippen molar-refractivity contribution < 1.29 is 4.74 Å². The zero-order chi connectivity index (χ0) is 14.7. The molecule has 21 heavy (non-hydrogen) atoms. The Labute approximate surface area is 134 Å². The smallest absolute Gasteiger partial charge is 0.231 e. The van der Waals surface area contributed by atoms with Crippen molar-refractivity contribution in [2.75, 3.05) is 49.3 Å². The maximum absolute atomic E-state index is 6.04. The number of ether oxygens (including phenoxy) is 1. The van der Waals surface area contributed by atoms with Gasteiger partial charge in [-0.25, -0.2) is 0 Å². The first-order valence-corrected chi connectivity index (χ1v) is 8.84. The first-order valence-electron chi connectivity index (χ1n) is 7.24. The molecule has 1 aromatic rings. The largest absolute Gasteiger partial charge is 0.378 e. The summed E-state index contributed by atoms with van der Waals surface area (Å²) in [6.07, 6.45) is 5.96. The molecular formula is C13H20ClN5OS. The van der Waals surface area contributed by atoms with Gasteiger partial charge in [0, 0.05) is 24.4 Å². The molecule has 6 nitrogen and oxygen atoms in total. The number of rotatable bonds is 5. The van der Waals surface area contributed by atoms with E-state index in [0.29, 0.717) is 29.9 Å². The molecule has 0 spiro atoms. The highest BCUT2D eigenvalue weighted by molar-refractivity contribution is 8.00. The molecule has 0 amide bonds. The normalized spacial score (nSPS) is 21.0. The lowest BCUT2D eigenvalue weighted by Gasteiger charge is -2.40. The van der Waals surface area contributed by atoms with E-state index in [1.807, 2.05) is 11.8 Å². The van der Waals surface area contributed by atoms with Crippen molar-refractivity contribution in [1.82, 2.24) is 15.0 Å². The minimum absolute atomic E-state index is 0.237. The van der Waals surface area contributed by atoms with Crippen LogP contribution >= 0.6 is 23.4 Å². The van der Waals surface area contributed by atoms with E-state index in [2.05, 4.69) is 31.4 Å². The van der Waals surface area contributed by atoms with Gasteiger partial charge in [-0.15, -0.1) is 0 Å². The first-order chi connectivity index (χ1) is 10.2. The van der Waals surface area contributed by atoms with Crippen molar-refractivity contribution in [3.63, 3.8) is 0 Å². The Morgan fingerprint density at radius 2 is 2.05 bits per heavy atom. The van der Waals surface area contributed by atoms with E-state index in [4.69, 9.17) is 16.3 Å². The highest BCUT2D eigenvalue weighted by Gasteiger charge is 2.36. The van der Waals surface area contributed by atoms with Gasteiger partial charge in [0.15, 0.2) is 0 Å². The molecule has 2 heterocycles. The molecule has 0 atom stereocenters. The second-order valence-electron chi connectivity index (χ2n) is 5.42. The third kappa shape index (κ3) is 3.52. The van der Waals surface area contributed by atoms with Crippen molar-refractivity contribution in [3.05, 3.63) is 5.28 Å². The average molecular weight is 330 g/mol. The van der Waals surface area contributed by atoms with Crippen LogP contribution in [0.25, 0.3) is 0 Å². The standard InChI is InChI=1S/C13H20ClN5OS/c1-21-13(3-2-4-13)9-15-11-16-10(14)17-12(18-11)19-5-7-20-8-6-19/h2-9H2,1H3,(H,15,16,17,18). The summed E-state index contributed by atoms with van der Waals surface area (Å²) < 4.78 is 5.68. The van der Waals surface area contributed by atoms with Crippen LogP contribution in [0.4, 0.5) is 11.9 Å². The van der Waals surface area contributed by atoms with Gasteiger partial charge in [-0.2, -0.15) is 26.7 Å². The molecule has 1 aliphatic carbocycles. The van der Waals surface area contributed by atoms with E-state index in [-0.39, 0.29) is 5.28 Å². The maximum Gasteiger partial charge on any atom is 0.231 e. The number of hydrogen-bond acceptors (Lipinski definition) is 7. The highest BCUT2D eigenvalue weighted by Crippen LogP contribution is 2.42. The minimum atomic E-state index is 0.237. The van der Waals surface area contributed by atoms with Crippen LogP contribution in [0, 0.1) is 0 Å². The molecule has 8 heteroatoms. The van der Waals surface area contributed by atoms with Crippen molar-refractivity contribution >= 4 is 35.3 Å². The van der Waals surface area contributed by atoms with Gasteiger partial charge in [0.2, 0.25) is 17.2 Å². The van der Waals surface area contributed by atoms with Gasteiger partial charge >= 0.3 is 0 Å². The number of thioether (sulfide) groups is 1. The zero-order valence-corrected chi connectivity index (χ0v) is 13.7. The molecule has 1 saturated heterocycles. The number of aromatic nitrogens is 3. The summed E-state index contributed by atoms with van der Waals surface area (Å²) in [6.45, 7) is 3.84. The number of nitrogens with one attached hydrogen (secondary N) is 1. The van der Waals surface area contributed by atoms with E-state index in [0.717, 1.165) is 19.6 Å². The van der Waals surface area contributed by atoms with Gasteiger partial charge < -0.3 is 15.0 Å². The Morgan fingerprint density at radius 1 is 1.29 bits per heavy atom. The fraction of sp³-hybridized carbons (Fsp3) is 0.769. The monoisotopic (exact) mass is 329 g/mol. The Kier molecular flexibility index (Phi) is 4.71. The maximum atomic E-state index is 6.04. The first kappa shape index (κ1) is 15.1.